The second-order valence-electron chi connectivity index (χ2n) is 6.74. The highest BCUT2D eigenvalue weighted by Crippen LogP contribution is 2.41. The number of rotatable bonds is 7. The lowest BCUT2D eigenvalue weighted by atomic mass is 9.75. The van der Waals surface area contributed by atoms with E-state index in [1.807, 2.05) is 7.11 Å². The molecule has 1 saturated heterocycles. The average molecular weight is 255 g/mol. The van der Waals surface area contributed by atoms with E-state index >= 15 is 0 Å². The van der Waals surface area contributed by atoms with Crippen molar-refractivity contribution >= 4 is 0 Å². The first kappa shape index (κ1) is 14.3. The molecule has 3 nitrogen and oxygen atoms in total. The van der Waals surface area contributed by atoms with Crippen LogP contribution in [0.4, 0.5) is 0 Å². The van der Waals surface area contributed by atoms with Crippen LogP contribution in [0.1, 0.15) is 52.9 Å². The quantitative estimate of drug-likeness (QED) is 0.759. The van der Waals surface area contributed by atoms with Gasteiger partial charge in [-0.3, -0.25) is 0 Å². The van der Waals surface area contributed by atoms with Gasteiger partial charge < -0.3 is 14.8 Å². The Bertz CT molecular complexity index is 276. The van der Waals surface area contributed by atoms with Gasteiger partial charge in [-0.25, -0.2) is 0 Å². The number of ether oxygens (including phenoxy) is 2. The molecule has 0 bridgehead atoms. The van der Waals surface area contributed by atoms with Crippen LogP contribution in [-0.2, 0) is 9.47 Å². The summed E-state index contributed by atoms with van der Waals surface area (Å²) in [7, 11) is 1.81. The van der Waals surface area contributed by atoms with E-state index in [0.717, 1.165) is 25.6 Å². The maximum Gasteiger partial charge on any atom is 0.0623 e. The third-order valence-corrected chi connectivity index (χ3v) is 4.93. The summed E-state index contributed by atoms with van der Waals surface area (Å²) in [6, 6.07) is 0.783. The highest BCUT2D eigenvalue weighted by molar-refractivity contribution is 4.95. The molecule has 2 rings (SSSR count). The molecule has 1 heterocycles. The molecule has 106 valence electrons. The molecule has 0 amide bonds. The second-order valence-corrected chi connectivity index (χ2v) is 6.74. The van der Waals surface area contributed by atoms with Crippen molar-refractivity contribution in [3.63, 3.8) is 0 Å². The third kappa shape index (κ3) is 3.46. The summed E-state index contributed by atoms with van der Waals surface area (Å²) in [6.07, 6.45) is 6.56. The topological polar surface area (TPSA) is 30.5 Å². The minimum absolute atomic E-state index is 0.0190. The Morgan fingerprint density at radius 2 is 2.11 bits per heavy atom. The van der Waals surface area contributed by atoms with E-state index in [4.69, 9.17) is 9.47 Å². The van der Waals surface area contributed by atoms with Crippen LogP contribution in [0.2, 0.25) is 0 Å². The van der Waals surface area contributed by atoms with Gasteiger partial charge in [0.25, 0.3) is 0 Å². The largest absolute Gasteiger partial charge is 0.379 e. The molecule has 2 unspecified atom stereocenters. The molecule has 0 aromatic carbocycles. The van der Waals surface area contributed by atoms with Crippen LogP contribution in [0, 0.1) is 5.41 Å². The van der Waals surface area contributed by atoms with Crippen LogP contribution in [0.3, 0.4) is 0 Å². The highest BCUT2D eigenvalue weighted by Gasteiger charge is 2.42. The first-order valence-electron chi connectivity index (χ1n) is 7.38. The van der Waals surface area contributed by atoms with Gasteiger partial charge in [-0.05, 0) is 52.9 Å². The smallest absolute Gasteiger partial charge is 0.0623 e. The Kier molecular flexibility index (Phi) is 4.35. The highest BCUT2D eigenvalue weighted by atomic mass is 16.5. The minimum Gasteiger partial charge on any atom is -0.379 e. The van der Waals surface area contributed by atoms with E-state index in [9.17, 15) is 0 Å². The molecule has 1 saturated carbocycles. The predicted molar refractivity (Wildman–Crippen MR) is 73.8 cm³/mol. The molecule has 0 aromatic heterocycles. The zero-order valence-corrected chi connectivity index (χ0v) is 12.4. The van der Waals surface area contributed by atoms with Gasteiger partial charge in [0.05, 0.1) is 11.7 Å². The lowest BCUT2D eigenvalue weighted by Crippen LogP contribution is -2.41. The fourth-order valence-corrected chi connectivity index (χ4v) is 2.75. The van der Waals surface area contributed by atoms with Crippen molar-refractivity contribution in [3.8, 4) is 0 Å². The van der Waals surface area contributed by atoms with Gasteiger partial charge in [0, 0.05) is 31.7 Å². The normalized spacial score (nSPS) is 33.0. The monoisotopic (exact) mass is 255 g/mol. The third-order valence-electron chi connectivity index (χ3n) is 4.93. The molecule has 1 aliphatic heterocycles. The number of methoxy groups -OCH3 is 1. The van der Waals surface area contributed by atoms with Crippen molar-refractivity contribution in [2.45, 2.75) is 70.6 Å². The van der Waals surface area contributed by atoms with E-state index in [1.165, 1.54) is 25.7 Å². The van der Waals surface area contributed by atoms with Gasteiger partial charge in [-0.15, -0.1) is 0 Å². The van der Waals surface area contributed by atoms with Crippen LogP contribution >= 0.6 is 0 Å². The van der Waals surface area contributed by atoms with Gasteiger partial charge in [0.1, 0.15) is 0 Å². The molecule has 18 heavy (non-hydrogen) atoms. The van der Waals surface area contributed by atoms with Gasteiger partial charge in [-0.1, -0.05) is 0 Å². The molecule has 0 spiro atoms. The minimum atomic E-state index is -0.0190. The standard InChI is InChI=1S/C15H29NO2/c1-12-15(9-10-18-12,11-16-13-5-6-13)8-7-14(2,3)17-4/h12-13,16H,5-11H2,1-4H3. The van der Waals surface area contributed by atoms with Crippen LogP contribution < -0.4 is 5.32 Å². The zero-order valence-electron chi connectivity index (χ0n) is 12.4. The molecular weight excluding hydrogens is 226 g/mol. The maximum atomic E-state index is 5.84. The fraction of sp³-hybridized carbons (Fsp3) is 1.00. The Balaban J connectivity index is 1.91. The Labute approximate surface area is 112 Å². The molecule has 3 heteroatoms. The lowest BCUT2D eigenvalue weighted by molar-refractivity contribution is -0.00746. The summed E-state index contributed by atoms with van der Waals surface area (Å²) in [5, 5.41) is 3.70. The summed E-state index contributed by atoms with van der Waals surface area (Å²) in [5.74, 6) is 0. The van der Waals surface area contributed by atoms with Crippen molar-refractivity contribution in [2.75, 3.05) is 20.3 Å². The zero-order chi connectivity index (χ0) is 13.2. The van der Waals surface area contributed by atoms with E-state index < -0.39 is 0 Å². The average Bonchev–Trinajstić information content (AvgIpc) is 3.10. The van der Waals surface area contributed by atoms with Crippen molar-refractivity contribution in [1.82, 2.24) is 5.32 Å². The Morgan fingerprint density at radius 1 is 1.39 bits per heavy atom. The lowest BCUT2D eigenvalue weighted by Gasteiger charge is -2.35. The van der Waals surface area contributed by atoms with Gasteiger partial charge in [0.15, 0.2) is 0 Å². The molecule has 1 aliphatic carbocycles. The van der Waals surface area contributed by atoms with Crippen molar-refractivity contribution < 1.29 is 9.47 Å². The van der Waals surface area contributed by atoms with Crippen molar-refractivity contribution in [2.24, 2.45) is 5.41 Å². The maximum absolute atomic E-state index is 5.84. The Hall–Kier alpha value is -0.120. The predicted octanol–water partition coefficient (Wildman–Crippen LogP) is 2.74. The molecule has 2 aliphatic rings. The van der Waals surface area contributed by atoms with Gasteiger partial charge in [-0.2, -0.15) is 0 Å². The number of hydrogen-bond donors (Lipinski definition) is 1. The molecular formula is C15H29NO2. The van der Waals surface area contributed by atoms with Crippen LogP contribution in [-0.4, -0.2) is 38.0 Å². The van der Waals surface area contributed by atoms with Crippen LogP contribution in [0.25, 0.3) is 0 Å². The summed E-state index contributed by atoms with van der Waals surface area (Å²) in [6.45, 7) is 8.62. The number of nitrogens with one attached hydrogen (secondary N) is 1. The first-order chi connectivity index (χ1) is 8.47. The van der Waals surface area contributed by atoms with E-state index in [-0.39, 0.29) is 5.60 Å². The summed E-state index contributed by atoms with van der Waals surface area (Å²) < 4.78 is 11.4. The van der Waals surface area contributed by atoms with E-state index in [0.29, 0.717) is 11.5 Å². The summed E-state index contributed by atoms with van der Waals surface area (Å²) in [5.41, 5.74) is 0.299. The second kappa shape index (κ2) is 5.48. The summed E-state index contributed by atoms with van der Waals surface area (Å²) >= 11 is 0. The molecule has 0 radical (unpaired) electrons. The molecule has 1 N–H and O–H groups in total. The molecule has 2 atom stereocenters. The van der Waals surface area contributed by atoms with E-state index in [1.54, 1.807) is 0 Å². The van der Waals surface area contributed by atoms with Gasteiger partial charge in [0.2, 0.25) is 0 Å². The number of hydrogen-bond acceptors (Lipinski definition) is 3. The molecule has 0 aromatic rings. The van der Waals surface area contributed by atoms with Crippen LogP contribution in [0.5, 0.6) is 0 Å². The van der Waals surface area contributed by atoms with Gasteiger partial charge >= 0.3 is 0 Å². The van der Waals surface area contributed by atoms with E-state index in [2.05, 4.69) is 26.1 Å². The van der Waals surface area contributed by atoms with Crippen molar-refractivity contribution in [3.05, 3.63) is 0 Å². The van der Waals surface area contributed by atoms with Crippen LogP contribution in [0.15, 0.2) is 0 Å². The summed E-state index contributed by atoms with van der Waals surface area (Å²) in [4.78, 5) is 0. The SMILES string of the molecule is COC(C)(C)CCC1(CNC2CC2)CCOC1C. The molecule has 2 fully saturated rings. The fourth-order valence-electron chi connectivity index (χ4n) is 2.75. The Morgan fingerprint density at radius 3 is 2.61 bits per heavy atom. The van der Waals surface area contributed by atoms with Crippen molar-refractivity contribution in [1.29, 1.82) is 0 Å². The first-order valence-corrected chi connectivity index (χ1v) is 7.38.